The van der Waals surface area contributed by atoms with Crippen LogP contribution in [0.4, 0.5) is 0 Å². The van der Waals surface area contributed by atoms with Crippen LogP contribution in [0.2, 0.25) is 0 Å². The van der Waals surface area contributed by atoms with Crippen LogP contribution in [-0.2, 0) is 0 Å². The molecule has 0 aromatic heterocycles. The van der Waals surface area contributed by atoms with Crippen molar-refractivity contribution in [2.45, 2.75) is 82.8 Å². The molecule has 0 bridgehead atoms. The van der Waals surface area contributed by atoms with Crippen molar-refractivity contribution in [1.29, 1.82) is 0 Å². The molecule has 4 N–H and O–H groups in total. The van der Waals surface area contributed by atoms with E-state index in [4.69, 9.17) is 10.2 Å². The molecular weight excluding hydrogens is 244 g/mol. The summed E-state index contributed by atoms with van der Waals surface area (Å²) in [7, 11) is 0. The minimum atomic E-state index is -0.642. The van der Waals surface area contributed by atoms with E-state index in [2.05, 4.69) is 0 Å². The molecule has 0 aliphatic heterocycles. The number of unbranched alkanes of at least 4 members (excludes halogenated alkanes) is 7. The molecule has 0 aromatic carbocycles. The van der Waals surface area contributed by atoms with Gasteiger partial charge in [-0.3, -0.25) is 0 Å². The summed E-state index contributed by atoms with van der Waals surface area (Å²) in [4.78, 5) is 0. The monoisotopic (exact) mass is 276 g/mol. The number of rotatable bonds is 14. The highest BCUT2D eigenvalue weighted by Crippen LogP contribution is 2.13. The summed E-state index contributed by atoms with van der Waals surface area (Å²) >= 11 is 0. The van der Waals surface area contributed by atoms with E-state index in [1.807, 2.05) is 0 Å². The van der Waals surface area contributed by atoms with Gasteiger partial charge in [-0.2, -0.15) is 0 Å². The maximum atomic E-state index is 9.75. The van der Waals surface area contributed by atoms with E-state index in [1.54, 1.807) is 0 Å². The topological polar surface area (TPSA) is 80.9 Å². The first-order chi connectivity index (χ1) is 9.22. The molecule has 0 fully saturated rings. The van der Waals surface area contributed by atoms with E-state index >= 15 is 0 Å². The van der Waals surface area contributed by atoms with E-state index in [0.717, 1.165) is 32.1 Å². The predicted molar refractivity (Wildman–Crippen MR) is 77.0 cm³/mol. The lowest BCUT2D eigenvalue weighted by molar-refractivity contribution is 0.00663. The molecule has 0 aromatic rings. The van der Waals surface area contributed by atoms with Crippen molar-refractivity contribution in [3.05, 3.63) is 0 Å². The highest BCUT2D eigenvalue weighted by Gasteiger charge is 2.14. The molecule has 0 amide bonds. The van der Waals surface area contributed by atoms with Crippen LogP contribution in [0.3, 0.4) is 0 Å². The second kappa shape index (κ2) is 14.3. The first kappa shape index (κ1) is 18.8. The molecule has 0 radical (unpaired) electrons. The zero-order valence-electron chi connectivity index (χ0n) is 12.1. The van der Waals surface area contributed by atoms with Gasteiger partial charge >= 0.3 is 0 Å². The Morgan fingerprint density at radius 3 is 1.26 bits per heavy atom. The first-order valence-electron chi connectivity index (χ1n) is 7.80. The predicted octanol–water partition coefficient (Wildman–Crippen LogP) is 1.98. The van der Waals surface area contributed by atoms with Crippen LogP contribution >= 0.6 is 0 Å². The highest BCUT2D eigenvalue weighted by atomic mass is 16.3. The van der Waals surface area contributed by atoms with Crippen LogP contribution < -0.4 is 0 Å². The summed E-state index contributed by atoms with van der Waals surface area (Å²) in [5.74, 6) is 0. The zero-order chi connectivity index (χ0) is 14.3. The van der Waals surface area contributed by atoms with E-state index in [9.17, 15) is 10.2 Å². The maximum absolute atomic E-state index is 9.75. The van der Waals surface area contributed by atoms with Crippen molar-refractivity contribution in [2.75, 3.05) is 13.2 Å². The van der Waals surface area contributed by atoms with Crippen LogP contribution in [0.1, 0.15) is 70.6 Å². The van der Waals surface area contributed by atoms with Gasteiger partial charge in [-0.05, 0) is 32.1 Å². The van der Waals surface area contributed by atoms with Gasteiger partial charge in [0.25, 0.3) is 0 Å². The van der Waals surface area contributed by atoms with E-state index in [1.165, 1.54) is 19.3 Å². The van der Waals surface area contributed by atoms with Gasteiger partial charge in [-0.25, -0.2) is 0 Å². The fourth-order valence-electron chi connectivity index (χ4n) is 2.20. The Labute approximate surface area is 117 Å². The van der Waals surface area contributed by atoms with Crippen LogP contribution in [0.15, 0.2) is 0 Å². The van der Waals surface area contributed by atoms with Gasteiger partial charge in [0.1, 0.15) is 0 Å². The van der Waals surface area contributed by atoms with Gasteiger partial charge in [-0.15, -0.1) is 0 Å². The normalized spacial score (nSPS) is 14.5. The molecule has 0 saturated carbocycles. The average Bonchev–Trinajstić information content (AvgIpc) is 2.41. The third kappa shape index (κ3) is 12.6. The van der Waals surface area contributed by atoms with E-state index < -0.39 is 12.2 Å². The lowest BCUT2D eigenvalue weighted by Crippen LogP contribution is -2.25. The quantitative estimate of drug-likeness (QED) is 0.366. The van der Waals surface area contributed by atoms with Crippen molar-refractivity contribution < 1.29 is 20.4 Å². The molecule has 4 heteroatoms. The van der Waals surface area contributed by atoms with Crippen LogP contribution in [-0.4, -0.2) is 45.8 Å². The number of aliphatic hydroxyl groups is 4. The van der Waals surface area contributed by atoms with Crippen molar-refractivity contribution >= 4 is 0 Å². The minimum Gasteiger partial charge on any atom is -0.396 e. The van der Waals surface area contributed by atoms with Crippen LogP contribution in [0.25, 0.3) is 0 Å². The molecule has 116 valence electrons. The fraction of sp³-hybridized carbons (Fsp3) is 1.00. The van der Waals surface area contributed by atoms with Gasteiger partial charge in [0.15, 0.2) is 0 Å². The molecular formula is C15H32O4. The molecule has 0 aliphatic carbocycles. The second-order valence-corrected chi connectivity index (χ2v) is 5.34. The van der Waals surface area contributed by atoms with Gasteiger partial charge in [0.05, 0.1) is 12.2 Å². The molecule has 19 heavy (non-hydrogen) atoms. The van der Waals surface area contributed by atoms with Crippen molar-refractivity contribution in [3.63, 3.8) is 0 Å². The average molecular weight is 276 g/mol. The molecule has 4 nitrogen and oxygen atoms in total. The summed E-state index contributed by atoms with van der Waals surface area (Å²) in [5.41, 5.74) is 0. The summed E-state index contributed by atoms with van der Waals surface area (Å²) in [6.07, 6.45) is 9.01. The number of hydrogen-bond donors (Lipinski definition) is 4. The first-order valence-corrected chi connectivity index (χ1v) is 7.80. The zero-order valence-corrected chi connectivity index (χ0v) is 12.1. The molecule has 0 saturated heterocycles. The SMILES string of the molecule is OCCCCCCCCCC(O)C(O)CCCCO. The van der Waals surface area contributed by atoms with E-state index in [0.29, 0.717) is 25.9 Å². The lowest BCUT2D eigenvalue weighted by Gasteiger charge is -2.17. The van der Waals surface area contributed by atoms with Gasteiger partial charge in [0, 0.05) is 13.2 Å². The Kier molecular flexibility index (Phi) is 14.1. The summed E-state index contributed by atoms with van der Waals surface area (Å²) in [6.45, 7) is 0.444. The van der Waals surface area contributed by atoms with Crippen molar-refractivity contribution in [3.8, 4) is 0 Å². The third-order valence-electron chi connectivity index (χ3n) is 3.51. The van der Waals surface area contributed by atoms with Crippen LogP contribution in [0.5, 0.6) is 0 Å². The fourth-order valence-corrected chi connectivity index (χ4v) is 2.20. The molecule has 2 unspecified atom stereocenters. The Morgan fingerprint density at radius 2 is 0.789 bits per heavy atom. The summed E-state index contributed by atoms with van der Waals surface area (Å²) in [6, 6.07) is 0. The Bertz CT molecular complexity index is 176. The Balaban J connectivity index is 3.29. The summed E-state index contributed by atoms with van der Waals surface area (Å²) < 4.78 is 0. The lowest BCUT2D eigenvalue weighted by atomic mass is 10.0. The molecule has 0 spiro atoms. The van der Waals surface area contributed by atoms with E-state index in [-0.39, 0.29) is 6.61 Å². The Hall–Kier alpha value is -0.160. The highest BCUT2D eigenvalue weighted by molar-refractivity contribution is 4.67. The van der Waals surface area contributed by atoms with Gasteiger partial charge < -0.3 is 20.4 Å². The molecule has 0 aliphatic rings. The standard InChI is InChI=1S/C15H32O4/c16-12-8-5-3-1-2-4-6-10-14(18)15(19)11-7-9-13-17/h14-19H,1-13H2. The molecule has 0 rings (SSSR count). The number of hydrogen-bond acceptors (Lipinski definition) is 4. The summed E-state index contributed by atoms with van der Waals surface area (Å²) in [5, 5.41) is 36.7. The second-order valence-electron chi connectivity index (χ2n) is 5.34. The molecule has 2 atom stereocenters. The smallest absolute Gasteiger partial charge is 0.0799 e. The van der Waals surface area contributed by atoms with Gasteiger partial charge in [-0.1, -0.05) is 38.5 Å². The van der Waals surface area contributed by atoms with Crippen molar-refractivity contribution in [2.24, 2.45) is 0 Å². The Morgan fingerprint density at radius 1 is 0.474 bits per heavy atom. The maximum Gasteiger partial charge on any atom is 0.0799 e. The largest absolute Gasteiger partial charge is 0.396 e. The van der Waals surface area contributed by atoms with Crippen molar-refractivity contribution in [1.82, 2.24) is 0 Å². The third-order valence-corrected chi connectivity index (χ3v) is 3.51. The number of aliphatic hydroxyl groups excluding tert-OH is 4. The molecule has 0 heterocycles. The van der Waals surface area contributed by atoms with Gasteiger partial charge in [0.2, 0.25) is 0 Å². The van der Waals surface area contributed by atoms with Crippen LogP contribution in [0, 0.1) is 0 Å². The minimum absolute atomic E-state index is 0.152.